The third-order valence-corrected chi connectivity index (χ3v) is 1.35. The Labute approximate surface area is 63.7 Å². The highest BCUT2D eigenvalue weighted by atomic mass is 32.2. The summed E-state index contributed by atoms with van der Waals surface area (Å²) in [5, 5.41) is 3.39. The van der Waals surface area contributed by atoms with Crippen LogP contribution in [0, 0.1) is 6.92 Å². The van der Waals surface area contributed by atoms with Gasteiger partial charge in [0, 0.05) is 0 Å². The Kier molecular flexibility index (Phi) is 1.81. The van der Waals surface area contributed by atoms with Gasteiger partial charge < -0.3 is 4.52 Å². The largest absolute Gasteiger partial charge is 0.335 e. The van der Waals surface area contributed by atoms with Crippen LogP contribution in [-0.2, 0) is 10.0 Å². The summed E-state index contributed by atoms with van der Waals surface area (Å²) in [6.45, 7) is 1.59. The summed E-state index contributed by atoms with van der Waals surface area (Å²) in [5.74, 6) is 0.385. The van der Waals surface area contributed by atoms with Gasteiger partial charge in [-0.3, -0.25) is 0 Å². The molecule has 1 N–H and O–H groups in total. The van der Waals surface area contributed by atoms with Crippen LogP contribution in [0.4, 0.5) is 6.01 Å². The maximum atomic E-state index is 10.6. The molecule has 1 aromatic heterocycles. The third-order valence-electron chi connectivity index (χ3n) is 0.800. The van der Waals surface area contributed by atoms with Crippen molar-refractivity contribution in [3.63, 3.8) is 0 Å². The molecular formula is C4H7N3O3S. The van der Waals surface area contributed by atoms with Crippen LogP contribution in [0.25, 0.3) is 0 Å². The van der Waals surface area contributed by atoms with Gasteiger partial charge in [-0.05, 0) is 6.92 Å². The first kappa shape index (κ1) is 7.99. The molecule has 1 rings (SSSR count). The SMILES string of the molecule is Cc1noc(NS(C)(=O)=O)n1. The number of aromatic nitrogens is 2. The first-order valence-electron chi connectivity index (χ1n) is 2.75. The van der Waals surface area contributed by atoms with Gasteiger partial charge >= 0.3 is 6.01 Å². The second kappa shape index (κ2) is 2.50. The Morgan fingerprint density at radius 3 is 2.55 bits per heavy atom. The minimum atomic E-state index is -3.31. The standard InChI is InChI=1S/C4H7N3O3S/c1-3-5-4(10-6-3)7-11(2,8)9/h1-2H3,(H,5,6,7). The Balaban J connectivity index is 2.81. The molecule has 1 heterocycles. The van der Waals surface area contributed by atoms with Crippen LogP contribution in [0.2, 0.25) is 0 Å². The fraction of sp³-hybridized carbons (Fsp3) is 0.500. The number of sulfonamides is 1. The molecule has 0 aliphatic heterocycles. The molecule has 0 atom stereocenters. The zero-order valence-corrected chi connectivity index (χ0v) is 6.84. The van der Waals surface area contributed by atoms with E-state index in [4.69, 9.17) is 0 Å². The van der Waals surface area contributed by atoms with Crippen LogP contribution in [0.5, 0.6) is 0 Å². The maximum absolute atomic E-state index is 10.6. The Morgan fingerprint density at radius 2 is 2.18 bits per heavy atom. The monoisotopic (exact) mass is 177 g/mol. The smallest absolute Gasteiger partial charge is 0.314 e. The lowest BCUT2D eigenvalue weighted by molar-refractivity contribution is 0.429. The second-order valence-electron chi connectivity index (χ2n) is 2.02. The molecule has 0 radical (unpaired) electrons. The van der Waals surface area contributed by atoms with Gasteiger partial charge in [0.15, 0.2) is 5.82 Å². The third kappa shape index (κ3) is 2.54. The number of aryl methyl sites for hydroxylation is 1. The summed E-state index contributed by atoms with van der Waals surface area (Å²) in [7, 11) is -3.31. The lowest BCUT2D eigenvalue weighted by Crippen LogP contribution is -2.09. The first-order valence-corrected chi connectivity index (χ1v) is 4.64. The Hall–Kier alpha value is -1.11. The molecule has 0 bridgehead atoms. The van der Waals surface area contributed by atoms with Crippen molar-refractivity contribution >= 4 is 16.0 Å². The van der Waals surface area contributed by atoms with E-state index in [2.05, 4.69) is 14.7 Å². The minimum absolute atomic E-state index is 0.106. The Bertz CT molecular complexity index is 341. The molecule has 0 spiro atoms. The quantitative estimate of drug-likeness (QED) is 0.673. The molecule has 6 nitrogen and oxygen atoms in total. The lowest BCUT2D eigenvalue weighted by atomic mass is 10.8. The molecule has 0 unspecified atom stereocenters. The van der Waals surface area contributed by atoms with E-state index in [0.29, 0.717) is 5.82 Å². The van der Waals surface area contributed by atoms with Crippen molar-refractivity contribution in [2.75, 3.05) is 11.0 Å². The van der Waals surface area contributed by atoms with Gasteiger partial charge in [-0.25, -0.2) is 13.1 Å². The number of nitrogens with zero attached hydrogens (tertiary/aromatic N) is 2. The van der Waals surface area contributed by atoms with Crippen LogP contribution in [0.1, 0.15) is 5.82 Å². The molecule has 0 saturated carbocycles. The molecule has 0 fully saturated rings. The van der Waals surface area contributed by atoms with E-state index < -0.39 is 10.0 Å². The molecule has 7 heteroatoms. The van der Waals surface area contributed by atoms with Crippen molar-refractivity contribution in [2.45, 2.75) is 6.92 Å². The highest BCUT2D eigenvalue weighted by molar-refractivity contribution is 7.91. The van der Waals surface area contributed by atoms with Crippen LogP contribution >= 0.6 is 0 Å². The average Bonchev–Trinajstić information content (AvgIpc) is 2.10. The van der Waals surface area contributed by atoms with Gasteiger partial charge in [0.2, 0.25) is 10.0 Å². The van der Waals surface area contributed by atoms with Crippen molar-refractivity contribution < 1.29 is 12.9 Å². The summed E-state index contributed by atoms with van der Waals surface area (Å²) in [4.78, 5) is 3.63. The molecule has 0 aromatic carbocycles. The Morgan fingerprint density at radius 1 is 1.55 bits per heavy atom. The molecule has 0 aliphatic carbocycles. The molecular weight excluding hydrogens is 170 g/mol. The van der Waals surface area contributed by atoms with Crippen molar-refractivity contribution in [3.8, 4) is 0 Å². The van der Waals surface area contributed by atoms with E-state index in [0.717, 1.165) is 6.26 Å². The highest BCUT2D eigenvalue weighted by Gasteiger charge is 2.06. The summed E-state index contributed by atoms with van der Waals surface area (Å²) >= 11 is 0. The number of hydrogen-bond acceptors (Lipinski definition) is 5. The number of anilines is 1. The number of rotatable bonds is 2. The predicted molar refractivity (Wildman–Crippen MR) is 37.5 cm³/mol. The van der Waals surface area contributed by atoms with E-state index in [-0.39, 0.29) is 6.01 Å². The molecule has 1 aromatic rings. The van der Waals surface area contributed by atoms with Gasteiger partial charge in [-0.15, -0.1) is 0 Å². The van der Waals surface area contributed by atoms with Crippen LogP contribution in [0.15, 0.2) is 4.52 Å². The zero-order valence-electron chi connectivity index (χ0n) is 6.03. The molecule has 0 saturated heterocycles. The molecule has 62 valence electrons. The van der Waals surface area contributed by atoms with Gasteiger partial charge in [-0.1, -0.05) is 5.16 Å². The highest BCUT2D eigenvalue weighted by Crippen LogP contribution is 2.02. The van der Waals surface area contributed by atoms with E-state index in [1.807, 2.05) is 4.72 Å². The van der Waals surface area contributed by atoms with E-state index in [1.54, 1.807) is 6.92 Å². The van der Waals surface area contributed by atoms with Crippen molar-refractivity contribution in [2.24, 2.45) is 0 Å². The maximum Gasteiger partial charge on any atom is 0.335 e. The molecule has 0 aliphatic rings. The predicted octanol–water partition coefficient (Wildman–Crippen LogP) is -0.250. The number of nitrogens with one attached hydrogen (secondary N) is 1. The summed E-state index contributed by atoms with van der Waals surface area (Å²) in [6, 6.07) is -0.106. The van der Waals surface area contributed by atoms with Gasteiger partial charge in [0.25, 0.3) is 0 Å². The summed E-state index contributed by atoms with van der Waals surface area (Å²) in [6.07, 6.45) is 1.01. The zero-order chi connectivity index (χ0) is 8.48. The minimum Gasteiger partial charge on any atom is -0.314 e. The molecule has 0 amide bonds. The van der Waals surface area contributed by atoms with Gasteiger partial charge in [0.1, 0.15) is 0 Å². The van der Waals surface area contributed by atoms with Crippen LogP contribution < -0.4 is 4.72 Å². The van der Waals surface area contributed by atoms with Crippen molar-refractivity contribution in [1.29, 1.82) is 0 Å². The molecule has 11 heavy (non-hydrogen) atoms. The summed E-state index contributed by atoms with van der Waals surface area (Å²) in [5.41, 5.74) is 0. The normalized spacial score (nSPS) is 11.5. The van der Waals surface area contributed by atoms with Gasteiger partial charge in [-0.2, -0.15) is 4.98 Å². The van der Waals surface area contributed by atoms with Crippen molar-refractivity contribution in [1.82, 2.24) is 10.1 Å². The average molecular weight is 177 g/mol. The summed E-state index contributed by atoms with van der Waals surface area (Å²) < 4.78 is 27.7. The topological polar surface area (TPSA) is 85.1 Å². The van der Waals surface area contributed by atoms with Crippen LogP contribution in [0.3, 0.4) is 0 Å². The van der Waals surface area contributed by atoms with E-state index in [9.17, 15) is 8.42 Å². The van der Waals surface area contributed by atoms with E-state index >= 15 is 0 Å². The first-order chi connectivity index (χ1) is 4.97. The number of hydrogen-bond donors (Lipinski definition) is 1. The van der Waals surface area contributed by atoms with Gasteiger partial charge in [0.05, 0.1) is 6.26 Å². The lowest BCUT2D eigenvalue weighted by Gasteiger charge is -1.92. The fourth-order valence-electron chi connectivity index (χ4n) is 0.497. The van der Waals surface area contributed by atoms with E-state index in [1.165, 1.54) is 0 Å². The fourth-order valence-corrected chi connectivity index (χ4v) is 0.897. The second-order valence-corrected chi connectivity index (χ2v) is 3.77. The van der Waals surface area contributed by atoms with Crippen LogP contribution in [-0.4, -0.2) is 24.8 Å². The van der Waals surface area contributed by atoms with Crippen molar-refractivity contribution in [3.05, 3.63) is 5.82 Å².